The molecule has 16 heteroatoms. The maximum atomic E-state index is 15.3. The quantitative estimate of drug-likeness (QED) is 0.147. The summed E-state index contributed by atoms with van der Waals surface area (Å²) < 4.78 is 45.8. The average Bonchev–Trinajstić information content (AvgIpc) is 3.54. The molecule has 0 bridgehead atoms. The fourth-order valence-corrected chi connectivity index (χ4v) is 9.51. The number of imide groups is 2. The number of methoxy groups -OCH3 is 1. The molecular weight excluding hydrogens is 796 g/mol. The number of hydrogen-bond donors (Lipinski definition) is 2. The van der Waals surface area contributed by atoms with Gasteiger partial charge in [0.2, 0.25) is 11.8 Å². The highest BCUT2D eigenvalue weighted by atomic mass is 35.5. The molecular formula is C40H30Cl3F3N4O6. The number of phenols is 1. The lowest BCUT2D eigenvalue weighted by Gasteiger charge is -2.50. The molecule has 3 heterocycles. The van der Waals surface area contributed by atoms with Gasteiger partial charge in [0.25, 0.3) is 11.8 Å². The minimum atomic E-state index is -4.77. The Bertz CT molecular complexity index is 2390. The molecule has 2 N–H and O–H groups in total. The molecule has 2 aliphatic heterocycles. The van der Waals surface area contributed by atoms with E-state index in [2.05, 4.69) is 10.4 Å². The monoisotopic (exact) mass is 824 g/mol. The highest BCUT2D eigenvalue weighted by molar-refractivity contribution is 6.33. The number of aromatic hydroxyl groups is 1. The van der Waals surface area contributed by atoms with Gasteiger partial charge in [-0.15, -0.1) is 0 Å². The van der Waals surface area contributed by atoms with E-state index in [1.54, 1.807) is 61.5 Å². The number of nitrogens with one attached hydrogen (secondary N) is 1. The SMILES string of the molecule is COc1ccc(C2C3=CCC4C(=O)N(c5ccc(C)c(Cl)c5)C(=O)C4C3CC3C(=O)N(Nc4ncc(C(F)(F)F)cc4Cl)C(=O)C32c2ccc(Cl)cc2)c(O)c1. The zero-order chi connectivity index (χ0) is 40.0. The van der Waals surface area contributed by atoms with Gasteiger partial charge >= 0.3 is 6.18 Å². The number of ether oxygens (including phenoxy) is 1. The molecule has 2 aliphatic carbocycles. The molecule has 1 aromatic heterocycles. The van der Waals surface area contributed by atoms with Crippen LogP contribution in [0.15, 0.2) is 84.6 Å². The van der Waals surface area contributed by atoms with E-state index in [4.69, 9.17) is 39.5 Å². The van der Waals surface area contributed by atoms with Gasteiger partial charge in [-0.25, -0.2) is 9.88 Å². The minimum absolute atomic E-state index is 0.0958. The standard InChI is InChI=1S/C40H30Cl3F3N4O6/c1-18-3-8-22(14-29(18)42)49-35(52)26-12-11-24-27(32(26)37(49)54)16-28-36(53)50(48-34-30(43)13-20(17-47-34)40(44,45)46)38(55)39(28,19-4-6-21(41)7-5-19)33(24)25-10-9-23(56-2)15-31(25)51/h3-11,13-15,17,26-28,32-33,51H,12,16H2,1-2H3,(H,47,48). The van der Waals surface area contributed by atoms with Crippen LogP contribution in [-0.2, 0) is 30.8 Å². The normalized spacial score (nSPS) is 25.9. The summed E-state index contributed by atoms with van der Waals surface area (Å²) in [4.78, 5) is 63.7. The third kappa shape index (κ3) is 5.65. The van der Waals surface area contributed by atoms with E-state index >= 15 is 4.79 Å². The molecule has 4 aromatic rings. The van der Waals surface area contributed by atoms with E-state index in [1.807, 2.05) is 6.08 Å². The molecule has 4 amide bonds. The number of fused-ring (bicyclic) bond motifs is 4. The minimum Gasteiger partial charge on any atom is -0.508 e. The summed E-state index contributed by atoms with van der Waals surface area (Å²) in [7, 11) is 1.42. The first-order valence-corrected chi connectivity index (χ1v) is 18.6. The maximum absolute atomic E-state index is 15.3. The number of anilines is 2. The molecule has 0 radical (unpaired) electrons. The molecule has 2 saturated heterocycles. The Morgan fingerprint density at radius 2 is 1.64 bits per heavy atom. The van der Waals surface area contributed by atoms with Crippen LogP contribution in [-0.4, -0.2) is 45.8 Å². The molecule has 6 unspecified atom stereocenters. The number of rotatable bonds is 6. The number of allylic oxidation sites excluding steroid dienone is 2. The van der Waals surface area contributed by atoms with Crippen molar-refractivity contribution in [2.45, 2.75) is 37.3 Å². The predicted octanol–water partition coefficient (Wildman–Crippen LogP) is 8.27. The molecule has 8 rings (SSSR count). The van der Waals surface area contributed by atoms with Crippen molar-refractivity contribution in [2.24, 2.45) is 23.7 Å². The summed E-state index contributed by atoms with van der Waals surface area (Å²) in [6.45, 7) is 1.79. The molecule has 4 aliphatic rings. The summed E-state index contributed by atoms with van der Waals surface area (Å²) in [5.41, 5.74) is 1.79. The Morgan fingerprint density at radius 1 is 0.911 bits per heavy atom. The van der Waals surface area contributed by atoms with Crippen LogP contribution >= 0.6 is 34.8 Å². The van der Waals surface area contributed by atoms with Gasteiger partial charge in [0.05, 0.1) is 46.6 Å². The summed E-state index contributed by atoms with van der Waals surface area (Å²) in [5.74, 6) is -7.82. The smallest absolute Gasteiger partial charge is 0.417 e. The number of carbonyl (C=O) groups is 4. The number of carbonyl (C=O) groups excluding carboxylic acids is 4. The van der Waals surface area contributed by atoms with E-state index in [9.17, 15) is 32.7 Å². The molecule has 288 valence electrons. The number of pyridine rings is 1. The third-order valence-electron chi connectivity index (χ3n) is 11.5. The fraction of sp³-hybridized carbons (Fsp3) is 0.275. The number of nitrogens with zero attached hydrogens (tertiary/aromatic N) is 3. The highest BCUT2D eigenvalue weighted by Crippen LogP contribution is 2.65. The first-order valence-electron chi connectivity index (χ1n) is 17.4. The Hall–Kier alpha value is -5.11. The molecule has 10 nitrogen and oxygen atoms in total. The van der Waals surface area contributed by atoms with Crippen LogP contribution in [0.5, 0.6) is 11.5 Å². The summed E-state index contributed by atoms with van der Waals surface area (Å²) in [6, 6.07) is 16.3. The van der Waals surface area contributed by atoms with Crippen LogP contribution in [0.4, 0.5) is 24.7 Å². The number of aromatic nitrogens is 1. The van der Waals surface area contributed by atoms with Crippen molar-refractivity contribution in [3.63, 3.8) is 0 Å². The average molecular weight is 826 g/mol. The summed E-state index contributed by atoms with van der Waals surface area (Å²) in [6.07, 6.45) is -2.41. The van der Waals surface area contributed by atoms with Gasteiger partial charge in [0, 0.05) is 33.8 Å². The van der Waals surface area contributed by atoms with E-state index in [1.165, 1.54) is 13.2 Å². The van der Waals surface area contributed by atoms with Crippen LogP contribution < -0.4 is 15.1 Å². The van der Waals surface area contributed by atoms with Crippen LogP contribution in [0.2, 0.25) is 15.1 Å². The number of aryl methyl sites for hydroxylation is 1. The van der Waals surface area contributed by atoms with Gasteiger partial charge in [-0.1, -0.05) is 70.7 Å². The van der Waals surface area contributed by atoms with Crippen molar-refractivity contribution in [1.82, 2.24) is 9.99 Å². The number of phenolic OH excluding ortho intramolecular Hbond substituents is 1. The van der Waals surface area contributed by atoms with Crippen molar-refractivity contribution < 1.29 is 42.2 Å². The second-order valence-corrected chi connectivity index (χ2v) is 15.5. The largest absolute Gasteiger partial charge is 0.508 e. The molecule has 0 spiro atoms. The van der Waals surface area contributed by atoms with Crippen LogP contribution in [0.25, 0.3) is 0 Å². The van der Waals surface area contributed by atoms with Gasteiger partial charge in [0.15, 0.2) is 5.82 Å². The maximum Gasteiger partial charge on any atom is 0.417 e. The van der Waals surface area contributed by atoms with E-state index in [0.717, 1.165) is 10.5 Å². The Labute approximate surface area is 332 Å². The molecule has 6 atom stereocenters. The van der Waals surface area contributed by atoms with Gasteiger partial charge in [-0.05, 0) is 73.2 Å². The number of hydrazine groups is 1. The molecule has 1 saturated carbocycles. The zero-order valence-electron chi connectivity index (χ0n) is 29.4. The number of halogens is 6. The van der Waals surface area contributed by atoms with Crippen LogP contribution in [0.3, 0.4) is 0 Å². The lowest BCUT2D eigenvalue weighted by atomic mass is 9.49. The second-order valence-electron chi connectivity index (χ2n) is 14.3. The summed E-state index contributed by atoms with van der Waals surface area (Å²) >= 11 is 19.0. The van der Waals surface area contributed by atoms with Crippen molar-refractivity contribution in [3.05, 3.63) is 122 Å². The Balaban J connectivity index is 1.32. The highest BCUT2D eigenvalue weighted by Gasteiger charge is 2.70. The fourth-order valence-electron chi connectivity index (χ4n) is 9.00. The van der Waals surface area contributed by atoms with E-state index in [-0.39, 0.29) is 24.2 Å². The molecule has 3 aromatic carbocycles. The van der Waals surface area contributed by atoms with Crippen LogP contribution in [0.1, 0.15) is 41.0 Å². The van der Waals surface area contributed by atoms with E-state index in [0.29, 0.717) is 49.9 Å². The topological polar surface area (TPSA) is 129 Å². The number of hydrogen-bond acceptors (Lipinski definition) is 8. The third-order valence-corrected chi connectivity index (χ3v) is 12.5. The van der Waals surface area contributed by atoms with Crippen molar-refractivity contribution in [2.75, 3.05) is 17.4 Å². The van der Waals surface area contributed by atoms with Gasteiger partial charge in [-0.2, -0.15) is 18.2 Å². The van der Waals surface area contributed by atoms with Crippen LogP contribution in [0, 0.1) is 30.6 Å². The van der Waals surface area contributed by atoms with Gasteiger partial charge in [-0.3, -0.25) is 24.6 Å². The zero-order valence-corrected chi connectivity index (χ0v) is 31.7. The lowest BCUT2D eigenvalue weighted by molar-refractivity contribution is -0.139. The Kier molecular flexibility index (Phi) is 9.13. The van der Waals surface area contributed by atoms with Gasteiger partial charge in [0.1, 0.15) is 11.5 Å². The lowest BCUT2D eigenvalue weighted by Crippen LogP contribution is -2.53. The first kappa shape index (κ1) is 37.8. The summed E-state index contributed by atoms with van der Waals surface area (Å²) in [5, 5.41) is 12.6. The molecule has 56 heavy (non-hydrogen) atoms. The van der Waals surface area contributed by atoms with Gasteiger partial charge < -0.3 is 9.84 Å². The first-order chi connectivity index (χ1) is 26.6. The van der Waals surface area contributed by atoms with E-state index < -0.39 is 81.2 Å². The second kappa shape index (κ2) is 13.5. The number of alkyl halides is 3. The van der Waals surface area contributed by atoms with Crippen molar-refractivity contribution in [3.8, 4) is 11.5 Å². The Morgan fingerprint density at radius 3 is 2.29 bits per heavy atom. The van der Waals surface area contributed by atoms with Crippen molar-refractivity contribution >= 4 is 69.9 Å². The number of benzene rings is 3. The molecule has 3 fully saturated rings. The van der Waals surface area contributed by atoms with Crippen molar-refractivity contribution in [1.29, 1.82) is 0 Å². The number of amides is 4. The predicted molar refractivity (Wildman–Crippen MR) is 200 cm³/mol.